The summed E-state index contributed by atoms with van der Waals surface area (Å²) in [7, 11) is 0. The zero-order valence-electron chi connectivity index (χ0n) is 11.9. The highest BCUT2D eigenvalue weighted by Gasteiger charge is 2.23. The molecule has 116 valence electrons. The van der Waals surface area contributed by atoms with Crippen molar-refractivity contribution in [3.8, 4) is 5.75 Å². The van der Waals surface area contributed by atoms with Gasteiger partial charge >= 0.3 is 5.69 Å². The Hall–Kier alpha value is -1.18. The first kappa shape index (κ1) is 16.2. The number of aliphatic hydroxyl groups is 1. The highest BCUT2D eigenvalue weighted by Crippen LogP contribution is 2.37. The Morgan fingerprint density at radius 2 is 2.14 bits per heavy atom. The first-order chi connectivity index (χ1) is 9.99. The summed E-state index contributed by atoms with van der Waals surface area (Å²) in [4.78, 5) is 13.0. The molecule has 1 saturated heterocycles. The third kappa shape index (κ3) is 4.15. The third-order valence-electron chi connectivity index (χ3n) is 3.56. The standard InChI is InChI=1S/C14H19BrN2O4/c1-10(18)12-8-11(15)9-13(17(19)20)14(12)21-7-6-16-4-2-3-5-16/h8-10,18H,2-7H2,1H3/t10-/m1/s1. The van der Waals surface area contributed by atoms with E-state index in [0.29, 0.717) is 16.6 Å². The van der Waals surface area contributed by atoms with Crippen molar-refractivity contribution < 1.29 is 14.8 Å². The lowest BCUT2D eigenvalue weighted by molar-refractivity contribution is -0.386. The Bertz CT molecular complexity index is 516. The second-order valence-electron chi connectivity index (χ2n) is 5.17. The summed E-state index contributed by atoms with van der Waals surface area (Å²) >= 11 is 3.23. The largest absolute Gasteiger partial charge is 0.485 e. The van der Waals surface area contributed by atoms with E-state index >= 15 is 0 Å². The van der Waals surface area contributed by atoms with Crippen molar-refractivity contribution in [2.24, 2.45) is 0 Å². The molecule has 0 aliphatic carbocycles. The third-order valence-corrected chi connectivity index (χ3v) is 4.02. The highest BCUT2D eigenvalue weighted by molar-refractivity contribution is 9.10. The number of nitro groups is 1. The number of benzene rings is 1. The van der Waals surface area contributed by atoms with Crippen molar-refractivity contribution in [3.05, 3.63) is 32.3 Å². The molecule has 0 unspecified atom stereocenters. The Balaban J connectivity index is 2.16. The lowest BCUT2D eigenvalue weighted by atomic mass is 10.1. The molecule has 0 amide bonds. The zero-order valence-corrected chi connectivity index (χ0v) is 13.5. The molecule has 0 saturated carbocycles. The van der Waals surface area contributed by atoms with Crippen molar-refractivity contribution in [1.29, 1.82) is 0 Å². The summed E-state index contributed by atoms with van der Waals surface area (Å²) in [5.41, 5.74) is 0.305. The number of aliphatic hydroxyl groups excluding tert-OH is 1. The van der Waals surface area contributed by atoms with Crippen LogP contribution in [0.2, 0.25) is 0 Å². The maximum absolute atomic E-state index is 11.2. The summed E-state index contributed by atoms with van der Waals surface area (Å²) in [6.45, 7) is 4.79. The summed E-state index contributed by atoms with van der Waals surface area (Å²) in [5.74, 6) is 0.164. The van der Waals surface area contributed by atoms with Crippen LogP contribution in [0.25, 0.3) is 0 Å². The van der Waals surface area contributed by atoms with E-state index in [2.05, 4.69) is 20.8 Å². The SMILES string of the molecule is C[C@@H](O)c1cc(Br)cc([N+](=O)[O-])c1OCCN1CCCC1. The number of hydrogen-bond donors (Lipinski definition) is 1. The molecule has 1 aliphatic heterocycles. The number of likely N-dealkylation sites (tertiary alicyclic amines) is 1. The van der Waals surface area contributed by atoms with Crippen LogP contribution in [0.3, 0.4) is 0 Å². The van der Waals surface area contributed by atoms with Crippen LogP contribution in [0.5, 0.6) is 5.75 Å². The first-order valence-electron chi connectivity index (χ1n) is 7.00. The molecule has 21 heavy (non-hydrogen) atoms. The molecular formula is C14H19BrN2O4. The Morgan fingerprint density at radius 1 is 1.48 bits per heavy atom. The van der Waals surface area contributed by atoms with E-state index in [1.54, 1.807) is 13.0 Å². The minimum Gasteiger partial charge on any atom is -0.485 e. The van der Waals surface area contributed by atoms with Crippen molar-refractivity contribution >= 4 is 21.6 Å². The molecular weight excluding hydrogens is 340 g/mol. The molecule has 0 bridgehead atoms. The van der Waals surface area contributed by atoms with Crippen molar-refractivity contribution in [3.63, 3.8) is 0 Å². The van der Waals surface area contributed by atoms with Gasteiger partial charge < -0.3 is 9.84 Å². The molecule has 2 rings (SSSR count). The topological polar surface area (TPSA) is 75.8 Å². The highest BCUT2D eigenvalue weighted by atomic mass is 79.9. The average Bonchev–Trinajstić information content (AvgIpc) is 2.92. The van der Waals surface area contributed by atoms with Gasteiger partial charge in [0, 0.05) is 22.6 Å². The molecule has 1 N–H and O–H groups in total. The second kappa shape index (κ2) is 7.20. The van der Waals surface area contributed by atoms with Gasteiger partial charge in [0.15, 0.2) is 0 Å². The number of ether oxygens (including phenoxy) is 1. The van der Waals surface area contributed by atoms with Crippen LogP contribution in [0.1, 0.15) is 31.4 Å². The molecule has 0 aromatic heterocycles. The monoisotopic (exact) mass is 358 g/mol. The minimum absolute atomic E-state index is 0.123. The van der Waals surface area contributed by atoms with Crippen molar-refractivity contribution in [1.82, 2.24) is 4.90 Å². The maximum atomic E-state index is 11.2. The molecule has 6 nitrogen and oxygen atoms in total. The molecule has 1 heterocycles. The molecule has 1 fully saturated rings. The fourth-order valence-electron chi connectivity index (χ4n) is 2.49. The van der Waals surface area contributed by atoms with E-state index in [9.17, 15) is 15.2 Å². The van der Waals surface area contributed by atoms with Gasteiger partial charge in [-0.05, 0) is 38.9 Å². The van der Waals surface area contributed by atoms with E-state index < -0.39 is 11.0 Å². The Morgan fingerprint density at radius 3 is 2.71 bits per heavy atom. The van der Waals surface area contributed by atoms with Crippen LogP contribution < -0.4 is 4.74 Å². The summed E-state index contributed by atoms with van der Waals surface area (Å²) in [5, 5.41) is 21.0. The Labute approximate surface area is 132 Å². The number of hydrogen-bond acceptors (Lipinski definition) is 5. The van der Waals surface area contributed by atoms with Gasteiger partial charge in [-0.1, -0.05) is 15.9 Å². The molecule has 0 radical (unpaired) electrons. The van der Waals surface area contributed by atoms with Gasteiger partial charge in [-0.15, -0.1) is 0 Å². The average molecular weight is 359 g/mol. The smallest absolute Gasteiger partial charge is 0.312 e. The van der Waals surface area contributed by atoms with Crippen LogP contribution in [-0.2, 0) is 0 Å². The van der Waals surface area contributed by atoms with Crippen LogP contribution in [0, 0.1) is 10.1 Å². The van der Waals surface area contributed by atoms with Gasteiger partial charge in [-0.2, -0.15) is 0 Å². The second-order valence-corrected chi connectivity index (χ2v) is 6.09. The Kier molecular flexibility index (Phi) is 5.55. The normalized spacial score (nSPS) is 16.9. The van der Waals surface area contributed by atoms with Crippen LogP contribution in [-0.4, -0.2) is 41.2 Å². The number of halogens is 1. The van der Waals surface area contributed by atoms with Gasteiger partial charge in [0.2, 0.25) is 5.75 Å². The summed E-state index contributed by atoms with van der Waals surface area (Å²) < 4.78 is 6.20. The molecule has 1 aromatic carbocycles. The summed E-state index contributed by atoms with van der Waals surface area (Å²) in [6.07, 6.45) is 1.55. The van der Waals surface area contributed by atoms with E-state index in [-0.39, 0.29) is 11.4 Å². The lowest BCUT2D eigenvalue weighted by Gasteiger charge is -2.17. The molecule has 1 atom stereocenters. The number of rotatable bonds is 6. The van der Waals surface area contributed by atoms with Gasteiger partial charge in [0.05, 0.1) is 11.0 Å². The van der Waals surface area contributed by atoms with Crippen LogP contribution >= 0.6 is 15.9 Å². The quantitative estimate of drug-likeness (QED) is 0.624. The van der Waals surface area contributed by atoms with E-state index in [1.165, 1.54) is 18.9 Å². The minimum atomic E-state index is -0.831. The van der Waals surface area contributed by atoms with E-state index in [4.69, 9.17) is 4.74 Å². The van der Waals surface area contributed by atoms with Gasteiger partial charge in [0.25, 0.3) is 0 Å². The van der Waals surface area contributed by atoms with Crippen LogP contribution in [0.4, 0.5) is 5.69 Å². The van der Waals surface area contributed by atoms with Crippen molar-refractivity contribution in [2.75, 3.05) is 26.2 Å². The fraction of sp³-hybridized carbons (Fsp3) is 0.571. The molecule has 0 spiro atoms. The summed E-state index contributed by atoms with van der Waals surface area (Å²) in [6, 6.07) is 3.06. The van der Waals surface area contributed by atoms with E-state index in [1.807, 2.05) is 0 Å². The fourth-order valence-corrected chi connectivity index (χ4v) is 2.95. The number of nitrogens with zero attached hydrogens (tertiary/aromatic N) is 2. The zero-order chi connectivity index (χ0) is 15.4. The molecule has 1 aliphatic rings. The number of nitro benzene ring substituents is 1. The lowest BCUT2D eigenvalue weighted by Crippen LogP contribution is -2.25. The van der Waals surface area contributed by atoms with Crippen molar-refractivity contribution in [2.45, 2.75) is 25.9 Å². The predicted octanol–water partition coefficient (Wildman–Crippen LogP) is 2.89. The van der Waals surface area contributed by atoms with Gasteiger partial charge in [-0.3, -0.25) is 15.0 Å². The predicted molar refractivity (Wildman–Crippen MR) is 82.6 cm³/mol. The van der Waals surface area contributed by atoms with E-state index in [0.717, 1.165) is 19.6 Å². The molecule has 7 heteroatoms. The van der Waals surface area contributed by atoms with Crippen LogP contribution in [0.15, 0.2) is 16.6 Å². The maximum Gasteiger partial charge on any atom is 0.312 e. The first-order valence-corrected chi connectivity index (χ1v) is 7.79. The van der Waals surface area contributed by atoms with Gasteiger partial charge in [0.1, 0.15) is 6.61 Å². The molecule has 1 aromatic rings. The van der Waals surface area contributed by atoms with Gasteiger partial charge in [-0.25, -0.2) is 0 Å².